The van der Waals surface area contributed by atoms with Gasteiger partial charge < -0.3 is 14.5 Å². The summed E-state index contributed by atoms with van der Waals surface area (Å²) in [6, 6.07) is 12.8. The highest BCUT2D eigenvalue weighted by Gasteiger charge is 2.57. The van der Waals surface area contributed by atoms with E-state index in [1.165, 1.54) is 4.90 Å². The average molecular weight is 492 g/mol. The molecule has 1 atom stereocenters. The number of ether oxygens (including phenoxy) is 1. The summed E-state index contributed by atoms with van der Waals surface area (Å²) < 4.78 is 43.9. The molecule has 0 unspecified atom stereocenters. The number of hydrogen-bond donors (Lipinski definition) is 0. The first-order valence-corrected chi connectivity index (χ1v) is 12.1. The summed E-state index contributed by atoms with van der Waals surface area (Å²) in [6.07, 6.45) is -3.91. The second kappa shape index (κ2) is 10.1. The standard InChI is InChI=1S/C26H32F3N3O3/c1-19(17-26(27,28)29)30-13-10-25(11-14-30)23(33)31(24(34)32(25)12-5-15-35-2)18-20-8-9-21-6-3-4-7-22(21)16-20/h3-4,6-9,16,19H,5,10-15,17-18H2,1-2H3/t19-/m0/s1. The number of carbonyl (C=O) groups excluding carboxylic acids is 2. The fraction of sp³-hybridized carbons (Fsp3) is 0.538. The van der Waals surface area contributed by atoms with Gasteiger partial charge in [-0.1, -0.05) is 36.4 Å². The summed E-state index contributed by atoms with van der Waals surface area (Å²) in [5, 5.41) is 2.11. The number of likely N-dealkylation sites (tertiary alicyclic amines) is 1. The highest BCUT2D eigenvalue weighted by atomic mass is 19.4. The smallest absolute Gasteiger partial charge is 0.385 e. The lowest BCUT2D eigenvalue weighted by Gasteiger charge is -2.44. The lowest BCUT2D eigenvalue weighted by Crippen LogP contribution is -2.58. The predicted molar refractivity (Wildman–Crippen MR) is 127 cm³/mol. The number of imide groups is 1. The molecular formula is C26H32F3N3O3. The van der Waals surface area contributed by atoms with Crippen molar-refractivity contribution in [3.63, 3.8) is 0 Å². The Labute approximate surface area is 203 Å². The quantitative estimate of drug-likeness (QED) is 0.393. The van der Waals surface area contributed by atoms with Gasteiger partial charge in [0.2, 0.25) is 0 Å². The lowest BCUT2D eigenvalue weighted by atomic mass is 9.85. The van der Waals surface area contributed by atoms with Crippen molar-refractivity contribution in [2.45, 2.75) is 56.9 Å². The van der Waals surface area contributed by atoms with E-state index in [9.17, 15) is 22.8 Å². The molecule has 2 fully saturated rings. The van der Waals surface area contributed by atoms with Gasteiger partial charge in [-0.2, -0.15) is 13.2 Å². The molecule has 0 aliphatic carbocycles. The number of carbonyl (C=O) groups is 2. The van der Waals surface area contributed by atoms with Gasteiger partial charge in [0.25, 0.3) is 5.91 Å². The zero-order valence-electron chi connectivity index (χ0n) is 20.2. The Hall–Kier alpha value is -2.65. The fourth-order valence-electron chi connectivity index (χ4n) is 5.40. The molecule has 6 nitrogen and oxygen atoms in total. The van der Waals surface area contributed by atoms with Gasteiger partial charge in [-0.3, -0.25) is 9.69 Å². The van der Waals surface area contributed by atoms with Crippen LogP contribution >= 0.6 is 0 Å². The minimum Gasteiger partial charge on any atom is -0.385 e. The van der Waals surface area contributed by atoms with Gasteiger partial charge in [0.05, 0.1) is 13.0 Å². The second-order valence-corrected chi connectivity index (χ2v) is 9.59. The average Bonchev–Trinajstić information content (AvgIpc) is 3.00. The number of halogens is 3. The third-order valence-electron chi connectivity index (χ3n) is 7.28. The van der Waals surface area contributed by atoms with E-state index in [0.717, 1.165) is 16.3 Å². The van der Waals surface area contributed by atoms with Crippen LogP contribution in [0.3, 0.4) is 0 Å². The van der Waals surface area contributed by atoms with Gasteiger partial charge in [0, 0.05) is 39.4 Å². The van der Waals surface area contributed by atoms with Crippen LogP contribution in [-0.4, -0.2) is 77.7 Å². The van der Waals surface area contributed by atoms with Crippen molar-refractivity contribution >= 4 is 22.7 Å². The number of alkyl halides is 3. The van der Waals surface area contributed by atoms with E-state index in [2.05, 4.69) is 0 Å². The number of fused-ring (bicyclic) bond motifs is 1. The van der Waals surface area contributed by atoms with Gasteiger partial charge in [-0.25, -0.2) is 4.79 Å². The van der Waals surface area contributed by atoms with Crippen molar-refractivity contribution in [3.8, 4) is 0 Å². The van der Waals surface area contributed by atoms with Gasteiger partial charge >= 0.3 is 12.2 Å². The molecule has 1 spiro atoms. The zero-order chi connectivity index (χ0) is 25.2. The monoisotopic (exact) mass is 491 g/mol. The van der Waals surface area contributed by atoms with Gasteiger partial charge in [0.1, 0.15) is 5.54 Å². The normalized spacial score (nSPS) is 19.8. The predicted octanol–water partition coefficient (Wildman–Crippen LogP) is 4.82. The van der Waals surface area contributed by atoms with Gasteiger partial charge in [-0.15, -0.1) is 0 Å². The molecule has 35 heavy (non-hydrogen) atoms. The lowest BCUT2D eigenvalue weighted by molar-refractivity contribution is -0.150. The van der Waals surface area contributed by atoms with E-state index in [1.54, 1.807) is 23.8 Å². The van der Waals surface area contributed by atoms with Crippen LogP contribution < -0.4 is 0 Å². The second-order valence-electron chi connectivity index (χ2n) is 9.59. The molecule has 190 valence electrons. The van der Waals surface area contributed by atoms with E-state index in [4.69, 9.17) is 4.74 Å². The van der Waals surface area contributed by atoms with Crippen molar-refractivity contribution in [1.29, 1.82) is 0 Å². The summed E-state index contributed by atoms with van der Waals surface area (Å²) in [6.45, 7) is 3.22. The Morgan fingerprint density at radius 3 is 2.40 bits per heavy atom. The van der Waals surface area contributed by atoms with E-state index < -0.39 is 24.2 Å². The highest BCUT2D eigenvalue weighted by Crippen LogP contribution is 2.39. The molecule has 2 aliphatic rings. The molecular weight excluding hydrogens is 459 g/mol. The largest absolute Gasteiger partial charge is 0.390 e. The minimum atomic E-state index is -4.24. The number of amides is 3. The molecule has 2 saturated heterocycles. The number of urea groups is 1. The molecule has 2 aromatic carbocycles. The van der Waals surface area contributed by atoms with E-state index in [1.807, 2.05) is 42.5 Å². The third-order valence-corrected chi connectivity index (χ3v) is 7.28. The number of benzene rings is 2. The molecule has 4 rings (SSSR count). The highest BCUT2D eigenvalue weighted by molar-refractivity contribution is 6.07. The first kappa shape index (κ1) is 25.4. The Bertz CT molecular complexity index is 1070. The number of rotatable bonds is 8. The molecule has 0 aromatic heterocycles. The van der Waals surface area contributed by atoms with Crippen LogP contribution in [0.15, 0.2) is 42.5 Å². The molecule has 2 heterocycles. The topological polar surface area (TPSA) is 53.1 Å². The molecule has 0 N–H and O–H groups in total. The van der Waals surface area contributed by atoms with E-state index in [0.29, 0.717) is 45.5 Å². The molecule has 9 heteroatoms. The first-order chi connectivity index (χ1) is 16.6. The van der Waals surface area contributed by atoms with Gasteiger partial charge in [-0.05, 0) is 48.6 Å². The first-order valence-electron chi connectivity index (χ1n) is 12.1. The van der Waals surface area contributed by atoms with Crippen molar-refractivity contribution in [2.24, 2.45) is 0 Å². The molecule has 0 saturated carbocycles. The van der Waals surface area contributed by atoms with E-state index in [-0.39, 0.29) is 18.5 Å². The van der Waals surface area contributed by atoms with E-state index >= 15 is 0 Å². The number of nitrogens with zero attached hydrogens (tertiary/aromatic N) is 3. The summed E-state index contributed by atoms with van der Waals surface area (Å²) in [7, 11) is 1.58. The Kier molecular flexibility index (Phi) is 7.38. The van der Waals surface area contributed by atoms with Crippen LogP contribution in [0.25, 0.3) is 10.8 Å². The van der Waals surface area contributed by atoms with Crippen molar-refractivity contribution in [1.82, 2.24) is 14.7 Å². The summed E-state index contributed by atoms with van der Waals surface area (Å²) in [4.78, 5) is 32.0. The zero-order valence-corrected chi connectivity index (χ0v) is 20.2. The number of hydrogen-bond acceptors (Lipinski definition) is 4. The Morgan fingerprint density at radius 2 is 1.74 bits per heavy atom. The summed E-state index contributed by atoms with van der Waals surface area (Å²) in [5.74, 6) is -0.254. The minimum absolute atomic E-state index is 0.166. The molecule has 0 bridgehead atoms. The molecule has 2 aromatic rings. The molecule has 3 amide bonds. The Balaban J connectivity index is 1.54. The maximum Gasteiger partial charge on any atom is 0.390 e. The maximum absolute atomic E-state index is 13.7. The Morgan fingerprint density at radius 1 is 1.06 bits per heavy atom. The summed E-state index contributed by atoms with van der Waals surface area (Å²) in [5.41, 5.74) is -0.161. The number of piperidine rings is 1. The van der Waals surface area contributed by atoms with Gasteiger partial charge in [0.15, 0.2) is 0 Å². The van der Waals surface area contributed by atoms with Crippen LogP contribution in [0.4, 0.5) is 18.0 Å². The van der Waals surface area contributed by atoms with Crippen molar-refractivity contribution in [2.75, 3.05) is 33.4 Å². The fourth-order valence-corrected chi connectivity index (χ4v) is 5.40. The number of methoxy groups -OCH3 is 1. The summed E-state index contributed by atoms with van der Waals surface area (Å²) >= 11 is 0. The molecule has 2 aliphatic heterocycles. The third kappa shape index (κ3) is 5.30. The van der Waals surface area contributed by atoms with Crippen LogP contribution in [0.5, 0.6) is 0 Å². The van der Waals surface area contributed by atoms with Crippen molar-refractivity contribution < 1.29 is 27.5 Å². The maximum atomic E-state index is 13.7. The SMILES string of the molecule is COCCCN1C(=O)N(Cc2ccc3ccccc3c2)C(=O)C12CCN([C@@H](C)CC(F)(F)F)CC2. The van der Waals surface area contributed by atoms with Crippen LogP contribution in [0.1, 0.15) is 38.2 Å². The van der Waals surface area contributed by atoms with Crippen LogP contribution in [0.2, 0.25) is 0 Å². The molecule has 0 radical (unpaired) electrons. The van der Waals surface area contributed by atoms with Crippen LogP contribution in [-0.2, 0) is 16.1 Å². The van der Waals surface area contributed by atoms with Crippen molar-refractivity contribution in [3.05, 3.63) is 48.0 Å². The van der Waals surface area contributed by atoms with Crippen LogP contribution in [0, 0.1) is 0 Å².